The van der Waals surface area contributed by atoms with Crippen molar-refractivity contribution in [1.29, 1.82) is 0 Å². The molecule has 2 aromatic carbocycles. The molecule has 0 unspecified atom stereocenters. The highest BCUT2D eigenvalue weighted by Gasteiger charge is 2.27. The van der Waals surface area contributed by atoms with Crippen molar-refractivity contribution in [3.63, 3.8) is 0 Å². The molecule has 1 aliphatic rings. The molecule has 10 heteroatoms. The first kappa shape index (κ1) is 25.4. The van der Waals surface area contributed by atoms with Gasteiger partial charge in [-0.15, -0.1) is 0 Å². The number of carboxylic acid groups (broad SMARTS) is 1. The second-order valence-electron chi connectivity index (χ2n) is 8.01. The average molecular weight is 495 g/mol. The highest BCUT2D eigenvalue weighted by molar-refractivity contribution is 6.34. The number of aliphatic carboxylic acids is 1. The number of ether oxygens (including phenoxy) is 1. The molecular weight excluding hydrogens is 470 g/mol. The summed E-state index contributed by atoms with van der Waals surface area (Å²) in [5, 5.41) is 14.5. The van der Waals surface area contributed by atoms with E-state index in [0.717, 1.165) is 0 Å². The van der Waals surface area contributed by atoms with Crippen molar-refractivity contribution in [2.24, 2.45) is 5.92 Å². The Morgan fingerprint density at radius 2 is 1.59 bits per heavy atom. The van der Waals surface area contributed by atoms with Gasteiger partial charge in [0.05, 0.1) is 22.6 Å². The first-order valence-corrected chi connectivity index (χ1v) is 11.3. The minimum atomic E-state index is -2.60. The second-order valence-corrected chi connectivity index (χ2v) is 8.41. The fourth-order valence-corrected chi connectivity index (χ4v) is 3.96. The minimum Gasteiger partial charge on any atom is -0.490 e. The molecule has 0 radical (unpaired) electrons. The topological polar surface area (TPSA) is 105 Å². The molecular formula is C24H25ClF2N2O5. The molecule has 0 atom stereocenters. The summed E-state index contributed by atoms with van der Waals surface area (Å²) in [6, 6.07) is 9.74. The van der Waals surface area contributed by atoms with Crippen LogP contribution in [0.2, 0.25) is 5.02 Å². The molecule has 1 aliphatic carbocycles. The predicted molar refractivity (Wildman–Crippen MR) is 122 cm³/mol. The SMILES string of the molecule is O=C(NCCNC(=O)c1ccc(O[C@H]2CC[C@@H](C(=O)O)CC2)cc1Cl)c1ccc(C(F)F)cc1. The molecule has 0 aliphatic heterocycles. The molecule has 182 valence electrons. The van der Waals surface area contributed by atoms with E-state index in [-0.39, 0.29) is 46.8 Å². The van der Waals surface area contributed by atoms with Crippen LogP contribution in [0.4, 0.5) is 8.78 Å². The van der Waals surface area contributed by atoms with Crippen LogP contribution in [0.15, 0.2) is 42.5 Å². The maximum Gasteiger partial charge on any atom is 0.306 e. The number of halogens is 3. The zero-order chi connectivity index (χ0) is 24.7. The van der Waals surface area contributed by atoms with Crippen molar-refractivity contribution in [2.45, 2.75) is 38.2 Å². The summed E-state index contributed by atoms with van der Waals surface area (Å²) in [4.78, 5) is 35.5. The van der Waals surface area contributed by atoms with Gasteiger partial charge in [-0.25, -0.2) is 8.78 Å². The molecule has 0 heterocycles. The maximum atomic E-state index is 12.6. The number of hydrogen-bond donors (Lipinski definition) is 3. The van der Waals surface area contributed by atoms with E-state index < -0.39 is 24.2 Å². The lowest BCUT2D eigenvalue weighted by molar-refractivity contribution is -0.143. The molecule has 3 N–H and O–H groups in total. The Morgan fingerprint density at radius 1 is 0.971 bits per heavy atom. The minimum absolute atomic E-state index is 0.0958. The summed E-state index contributed by atoms with van der Waals surface area (Å²) in [6.45, 7) is 0.278. The van der Waals surface area contributed by atoms with Gasteiger partial charge in [-0.1, -0.05) is 23.7 Å². The van der Waals surface area contributed by atoms with Crippen molar-refractivity contribution in [3.8, 4) is 5.75 Å². The van der Waals surface area contributed by atoms with Gasteiger partial charge in [0.15, 0.2) is 0 Å². The van der Waals surface area contributed by atoms with Crippen LogP contribution in [-0.4, -0.2) is 42.1 Å². The Bertz CT molecular complexity index is 1020. The standard InChI is InChI=1S/C24H25ClF2N2O5/c25-20-13-18(34-17-7-5-16(6-8-17)24(32)33)9-10-19(20)23(31)29-12-11-28-22(30)15-3-1-14(2-4-15)21(26)27/h1-4,9-10,13,16-17,21H,5-8,11-12H2,(H,28,30)(H,29,31)(H,32,33)/t16-,17+. The van der Waals surface area contributed by atoms with Gasteiger partial charge in [0, 0.05) is 24.2 Å². The summed E-state index contributed by atoms with van der Waals surface area (Å²) in [5.74, 6) is -1.46. The van der Waals surface area contributed by atoms with Crippen LogP contribution in [0.25, 0.3) is 0 Å². The quantitative estimate of drug-likeness (QED) is 0.446. The van der Waals surface area contributed by atoms with Gasteiger partial charge < -0.3 is 20.5 Å². The number of alkyl halides is 2. The number of benzene rings is 2. The highest BCUT2D eigenvalue weighted by Crippen LogP contribution is 2.30. The summed E-state index contributed by atoms with van der Waals surface area (Å²) in [6.07, 6.45) is -0.296. The molecule has 34 heavy (non-hydrogen) atoms. The van der Waals surface area contributed by atoms with Gasteiger partial charge in [0.25, 0.3) is 18.2 Å². The zero-order valence-electron chi connectivity index (χ0n) is 18.2. The lowest BCUT2D eigenvalue weighted by Gasteiger charge is -2.26. The normalized spacial score (nSPS) is 17.8. The van der Waals surface area contributed by atoms with E-state index in [9.17, 15) is 23.2 Å². The summed E-state index contributed by atoms with van der Waals surface area (Å²) in [5.41, 5.74) is 0.325. The van der Waals surface area contributed by atoms with E-state index in [4.69, 9.17) is 21.4 Å². The van der Waals surface area contributed by atoms with Crippen molar-refractivity contribution < 1.29 is 33.0 Å². The van der Waals surface area contributed by atoms with Crippen LogP contribution < -0.4 is 15.4 Å². The number of rotatable bonds is 9. The Morgan fingerprint density at radius 3 is 2.15 bits per heavy atom. The van der Waals surface area contributed by atoms with Gasteiger partial charge >= 0.3 is 5.97 Å². The van der Waals surface area contributed by atoms with E-state index in [2.05, 4.69) is 10.6 Å². The fourth-order valence-electron chi connectivity index (χ4n) is 3.70. The van der Waals surface area contributed by atoms with Crippen molar-refractivity contribution >= 4 is 29.4 Å². The molecule has 1 fully saturated rings. The van der Waals surface area contributed by atoms with E-state index in [1.54, 1.807) is 18.2 Å². The number of hydrogen-bond acceptors (Lipinski definition) is 4. The Labute approximate surface area is 200 Å². The largest absolute Gasteiger partial charge is 0.490 e. The van der Waals surface area contributed by atoms with Crippen LogP contribution in [0, 0.1) is 5.92 Å². The summed E-state index contributed by atoms with van der Waals surface area (Å²) in [7, 11) is 0. The van der Waals surface area contributed by atoms with Crippen LogP contribution in [0.5, 0.6) is 5.75 Å². The van der Waals surface area contributed by atoms with Crippen molar-refractivity contribution in [2.75, 3.05) is 13.1 Å². The second kappa shape index (κ2) is 11.8. The van der Waals surface area contributed by atoms with E-state index in [1.165, 1.54) is 24.3 Å². The molecule has 2 amide bonds. The molecule has 0 saturated heterocycles. The summed E-state index contributed by atoms with van der Waals surface area (Å²) < 4.78 is 31.1. The molecule has 3 rings (SSSR count). The van der Waals surface area contributed by atoms with Gasteiger partial charge in [-0.2, -0.15) is 0 Å². The van der Waals surface area contributed by atoms with E-state index in [0.29, 0.717) is 31.4 Å². The van der Waals surface area contributed by atoms with Crippen molar-refractivity contribution in [3.05, 3.63) is 64.2 Å². The summed E-state index contributed by atoms with van der Waals surface area (Å²) >= 11 is 6.24. The van der Waals surface area contributed by atoms with Crippen molar-refractivity contribution in [1.82, 2.24) is 10.6 Å². The molecule has 0 aromatic heterocycles. The third-order valence-electron chi connectivity index (χ3n) is 5.63. The smallest absolute Gasteiger partial charge is 0.306 e. The first-order valence-electron chi connectivity index (χ1n) is 10.9. The Balaban J connectivity index is 1.43. The van der Waals surface area contributed by atoms with Gasteiger partial charge in [0.1, 0.15) is 5.75 Å². The predicted octanol–water partition coefficient (Wildman–Crippen LogP) is 4.46. The van der Waals surface area contributed by atoms with Gasteiger partial charge in [0.2, 0.25) is 0 Å². The third-order valence-corrected chi connectivity index (χ3v) is 5.95. The van der Waals surface area contributed by atoms with Crippen LogP contribution in [-0.2, 0) is 4.79 Å². The molecule has 0 spiro atoms. The average Bonchev–Trinajstić information content (AvgIpc) is 2.82. The molecule has 0 bridgehead atoms. The number of carbonyl (C=O) groups excluding carboxylic acids is 2. The Hall–Kier alpha value is -3.20. The van der Waals surface area contributed by atoms with Crippen LogP contribution in [0.1, 0.15) is 58.4 Å². The van der Waals surface area contributed by atoms with Crippen LogP contribution in [0.3, 0.4) is 0 Å². The number of nitrogens with one attached hydrogen (secondary N) is 2. The number of carboxylic acids is 1. The zero-order valence-corrected chi connectivity index (χ0v) is 19.0. The monoisotopic (exact) mass is 494 g/mol. The molecule has 1 saturated carbocycles. The number of carbonyl (C=O) groups is 3. The van der Waals surface area contributed by atoms with E-state index >= 15 is 0 Å². The maximum absolute atomic E-state index is 12.6. The lowest BCUT2D eigenvalue weighted by atomic mass is 9.87. The van der Waals surface area contributed by atoms with Gasteiger partial charge in [-0.3, -0.25) is 14.4 Å². The third kappa shape index (κ3) is 6.90. The number of amides is 2. The Kier molecular flexibility index (Phi) is 8.81. The molecule has 2 aromatic rings. The van der Waals surface area contributed by atoms with Crippen LogP contribution >= 0.6 is 11.6 Å². The van der Waals surface area contributed by atoms with E-state index in [1.807, 2.05) is 0 Å². The van der Waals surface area contributed by atoms with Gasteiger partial charge in [-0.05, 0) is 56.0 Å². The lowest BCUT2D eigenvalue weighted by Crippen LogP contribution is -2.34. The fraction of sp³-hybridized carbons (Fsp3) is 0.375. The first-order chi connectivity index (χ1) is 16.2. The highest BCUT2D eigenvalue weighted by atomic mass is 35.5. The molecule has 7 nitrogen and oxygen atoms in total.